The second-order valence-corrected chi connectivity index (χ2v) is 5.71. The molecule has 7 heteroatoms. The molecule has 0 atom stereocenters. The van der Waals surface area contributed by atoms with Crippen molar-refractivity contribution in [1.29, 1.82) is 5.26 Å². The highest BCUT2D eigenvalue weighted by molar-refractivity contribution is 6.02. The van der Waals surface area contributed by atoms with E-state index in [4.69, 9.17) is 9.84 Å². The molecule has 0 saturated carbocycles. The molecule has 0 aliphatic heterocycles. The Hall–Kier alpha value is -3.92. The van der Waals surface area contributed by atoms with Crippen molar-refractivity contribution in [3.05, 3.63) is 59.8 Å². The number of benzene rings is 2. The summed E-state index contributed by atoms with van der Waals surface area (Å²) in [5.41, 5.74) is -0.0994. The summed E-state index contributed by atoms with van der Waals surface area (Å²) in [5.74, 6) is -1.29. The fourth-order valence-corrected chi connectivity index (χ4v) is 2.57. The number of hydrogen-bond acceptors (Lipinski definition) is 6. The van der Waals surface area contributed by atoms with Crippen molar-refractivity contribution in [3.8, 4) is 23.3 Å². The first-order chi connectivity index (χ1) is 13.0. The molecule has 0 amide bonds. The molecule has 0 saturated heterocycles. The smallest absolute Gasteiger partial charge is 0.303 e. The van der Waals surface area contributed by atoms with Gasteiger partial charge in [0.25, 0.3) is 0 Å². The molecule has 2 aromatic carbocycles. The number of Topliss-reactive ketones (excluding diaryl/α,β-unsaturated/α-hetero) is 1. The molecule has 0 aliphatic rings. The summed E-state index contributed by atoms with van der Waals surface area (Å²) in [4.78, 5) is 26.9. The van der Waals surface area contributed by atoms with Crippen molar-refractivity contribution in [1.82, 2.24) is 4.98 Å². The van der Waals surface area contributed by atoms with Gasteiger partial charge in [-0.15, -0.1) is 0 Å². The van der Waals surface area contributed by atoms with Gasteiger partial charge in [-0.25, -0.2) is 4.98 Å². The third-order valence-electron chi connectivity index (χ3n) is 3.85. The van der Waals surface area contributed by atoms with E-state index in [1.54, 1.807) is 30.3 Å². The van der Waals surface area contributed by atoms with Crippen LogP contribution in [0.25, 0.3) is 10.9 Å². The van der Waals surface area contributed by atoms with E-state index in [1.807, 2.05) is 24.3 Å². The van der Waals surface area contributed by atoms with Crippen LogP contribution in [0.15, 0.2) is 48.5 Å². The summed E-state index contributed by atoms with van der Waals surface area (Å²) in [6.45, 7) is 0. The number of aliphatic carboxylic acids is 1. The molecule has 3 aromatic rings. The molecular formula is C20H14N2O5. The third kappa shape index (κ3) is 3.85. The van der Waals surface area contributed by atoms with E-state index in [-0.39, 0.29) is 24.1 Å². The predicted octanol–water partition coefficient (Wildman–Crippen LogP) is 3.65. The zero-order valence-corrected chi connectivity index (χ0v) is 14.0. The number of fused-ring (bicyclic) bond motifs is 1. The van der Waals surface area contributed by atoms with Crippen LogP contribution in [0.5, 0.6) is 17.2 Å². The topological polar surface area (TPSA) is 121 Å². The van der Waals surface area contributed by atoms with Crippen LogP contribution in [0.1, 0.15) is 28.9 Å². The van der Waals surface area contributed by atoms with E-state index in [0.717, 1.165) is 0 Å². The van der Waals surface area contributed by atoms with Crippen LogP contribution >= 0.6 is 0 Å². The van der Waals surface area contributed by atoms with Crippen LogP contribution in [0.3, 0.4) is 0 Å². The molecule has 3 rings (SSSR count). The predicted molar refractivity (Wildman–Crippen MR) is 95.8 cm³/mol. The summed E-state index contributed by atoms with van der Waals surface area (Å²) in [7, 11) is 0. The molecule has 1 aromatic heterocycles. The Morgan fingerprint density at radius 2 is 1.81 bits per heavy atom. The molecular weight excluding hydrogens is 348 g/mol. The summed E-state index contributed by atoms with van der Waals surface area (Å²) >= 11 is 0. The summed E-state index contributed by atoms with van der Waals surface area (Å²) in [6.07, 6.45) is -0.703. The Morgan fingerprint density at radius 3 is 2.48 bits per heavy atom. The number of nitrogens with zero attached hydrogens (tertiary/aromatic N) is 2. The van der Waals surface area contributed by atoms with Crippen LogP contribution in [-0.2, 0) is 4.79 Å². The number of carboxylic acids is 1. The van der Waals surface area contributed by atoms with Gasteiger partial charge >= 0.3 is 5.97 Å². The molecule has 0 spiro atoms. The second kappa shape index (κ2) is 7.54. The molecule has 0 unspecified atom stereocenters. The lowest BCUT2D eigenvalue weighted by Crippen LogP contribution is -2.07. The number of para-hydroxylation sites is 1. The lowest BCUT2D eigenvalue weighted by Gasteiger charge is -2.10. The highest BCUT2D eigenvalue weighted by Crippen LogP contribution is 2.32. The number of aromatic nitrogens is 1. The highest BCUT2D eigenvalue weighted by Gasteiger charge is 2.21. The van der Waals surface area contributed by atoms with E-state index in [1.165, 1.54) is 0 Å². The van der Waals surface area contributed by atoms with Crippen molar-refractivity contribution in [2.24, 2.45) is 0 Å². The molecule has 0 bridgehead atoms. The van der Waals surface area contributed by atoms with Crippen molar-refractivity contribution in [3.63, 3.8) is 0 Å². The van der Waals surface area contributed by atoms with Crippen LogP contribution in [0.2, 0.25) is 0 Å². The average Bonchev–Trinajstić information content (AvgIpc) is 2.66. The zero-order chi connectivity index (χ0) is 19.4. The number of rotatable bonds is 6. The third-order valence-corrected chi connectivity index (χ3v) is 3.85. The van der Waals surface area contributed by atoms with E-state index >= 15 is 0 Å². The molecule has 0 fully saturated rings. The molecule has 7 nitrogen and oxygen atoms in total. The minimum absolute atomic E-state index is 0.114. The van der Waals surface area contributed by atoms with Crippen LogP contribution in [0, 0.1) is 11.3 Å². The second-order valence-electron chi connectivity index (χ2n) is 5.71. The van der Waals surface area contributed by atoms with Crippen LogP contribution < -0.4 is 4.74 Å². The number of carbonyl (C=O) groups excluding carboxylic acids is 1. The molecule has 0 aliphatic carbocycles. The maximum atomic E-state index is 12.2. The number of ketones is 1. The maximum absolute atomic E-state index is 12.2. The van der Waals surface area contributed by atoms with Gasteiger partial charge in [0, 0.05) is 11.8 Å². The first-order valence-electron chi connectivity index (χ1n) is 8.04. The summed E-state index contributed by atoms with van der Waals surface area (Å²) in [6, 6.07) is 15.7. The lowest BCUT2D eigenvalue weighted by atomic mass is 10.0. The Balaban J connectivity index is 2.02. The highest BCUT2D eigenvalue weighted by atomic mass is 16.5. The Morgan fingerprint density at radius 1 is 1.07 bits per heavy atom. The summed E-state index contributed by atoms with van der Waals surface area (Å²) < 4.78 is 5.72. The zero-order valence-electron chi connectivity index (χ0n) is 14.0. The largest absolute Gasteiger partial charge is 0.504 e. The van der Waals surface area contributed by atoms with Crippen molar-refractivity contribution < 1.29 is 24.5 Å². The maximum Gasteiger partial charge on any atom is 0.303 e. The fraction of sp³-hybridized carbons (Fsp3) is 0.100. The number of aromatic hydroxyl groups is 1. The molecule has 2 N–H and O–H groups in total. The van der Waals surface area contributed by atoms with Crippen molar-refractivity contribution in [2.45, 2.75) is 12.8 Å². The van der Waals surface area contributed by atoms with Crippen molar-refractivity contribution >= 4 is 22.7 Å². The van der Waals surface area contributed by atoms with Gasteiger partial charge in [-0.1, -0.05) is 18.2 Å². The van der Waals surface area contributed by atoms with Gasteiger partial charge in [0.2, 0.25) is 0 Å². The normalized spacial score (nSPS) is 10.3. The van der Waals surface area contributed by atoms with Gasteiger partial charge in [0.1, 0.15) is 28.8 Å². The standard InChI is InChI=1S/C20H14N2O5/c21-11-15-14-10-13(27-12-4-2-1-3-5-12)6-7-16(14)22-19(20(15)26)17(23)8-9-18(24)25/h1-7,10,26H,8-9H2,(H,24,25). The Bertz CT molecular complexity index is 1070. The van der Waals surface area contributed by atoms with Gasteiger partial charge in [0.15, 0.2) is 11.5 Å². The first-order valence-corrected chi connectivity index (χ1v) is 8.04. The quantitative estimate of drug-likeness (QED) is 0.642. The van der Waals surface area contributed by atoms with Crippen LogP contribution in [0.4, 0.5) is 0 Å². The Kier molecular flexibility index (Phi) is 4.99. The number of carboxylic acid groups (broad SMARTS) is 1. The van der Waals surface area contributed by atoms with Crippen LogP contribution in [-0.4, -0.2) is 26.9 Å². The van der Waals surface area contributed by atoms with Gasteiger partial charge in [-0.05, 0) is 30.3 Å². The lowest BCUT2D eigenvalue weighted by molar-refractivity contribution is -0.136. The number of carbonyl (C=O) groups is 2. The SMILES string of the molecule is N#Cc1c(O)c(C(=O)CCC(=O)O)nc2ccc(Oc3ccccc3)cc12. The van der Waals surface area contributed by atoms with Gasteiger partial charge in [0.05, 0.1) is 11.9 Å². The minimum Gasteiger partial charge on any atom is -0.504 e. The minimum atomic E-state index is -1.13. The average molecular weight is 362 g/mol. The van der Waals surface area contributed by atoms with E-state index in [0.29, 0.717) is 22.4 Å². The number of pyridine rings is 1. The summed E-state index contributed by atoms with van der Waals surface area (Å²) in [5, 5.41) is 28.8. The van der Waals surface area contributed by atoms with Gasteiger partial charge < -0.3 is 14.9 Å². The van der Waals surface area contributed by atoms with E-state index in [2.05, 4.69) is 4.98 Å². The molecule has 27 heavy (non-hydrogen) atoms. The fourth-order valence-electron chi connectivity index (χ4n) is 2.57. The molecule has 0 radical (unpaired) electrons. The molecule has 1 heterocycles. The van der Waals surface area contributed by atoms with E-state index in [9.17, 15) is 20.0 Å². The Labute approximate surface area is 154 Å². The molecule has 134 valence electrons. The first kappa shape index (κ1) is 17.9. The van der Waals surface area contributed by atoms with Crippen molar-refractivity contribution in [2.75, 3.05) is 0 Å². The number of hydrogen-bond donors (Lipinski definition) is 2. The van der Waals surface area contributed by atoms with Gasteiger partial charge in [-0.2, -0.15) is 5.26 Å². The number of nitriles is 1. The number of ether oxygens (including phenoxy) is 1. The van der Waals surface area contributed by atoms with E-state index < -0.39 is 17.5 Å². The monoisotopic (exact) mass is 362 g/mol. The van der Waals surface area contributed by atoms with Gasteiger partial charge in [-0.3, -0.25) is 9.59 Å².